The molecule has 2 N–H and O–H groups in total. The van der Waals surface area contributed by atoms with Gasteiger partial charge in [0.2, 0.25) is 21.8 Å². The topological polar surface area (TPSA) is 105 Å². The number of carbonyl (C=O) groups is 2. The standard InChI is InChI=1S/C21H25N3O5S/c1-15(25)24-11-9-17-13-19(6-7-20(17)24)30(27,28)23-10-8-21(26)22-14-16-4-3-5-18(12-16)29-2/h3-7,12-13,23H,8-11,14H2,1-2H3,(H,22,26). The van der Waals surface area contributed by atoms with Gasteiger partial charge in [-0.05, 0) is 47.9 Å². The molecule has 0 fully saturated rings. The molecule has 3 rings (SSSR count). The zero-order chi connectivity index (χ0) is 21.7. The summed E-state index contributed by atoms with van der Waals surface area (Å²) in [5.41, 5.74) is 2.46. The van der Waals surface area contributed by atoms with Gasteiger partial charge in [0.1, 0.15) is 5.75 Å². The van der Waals surface area contributed by atoms with Crippen LogP contribution in [0, 0.1) is 0 Å². The first-order chi connectivity index (χ1) is 14.3. The summed E-state index contributed by atoms with van der Waals surface area (Å²) in [7, 11) is -2.17. The summed E-state index contributed by atoms with van der Waals surface area (Å²) in [6.45, 7) is 2.36. The normalized spacial score (nSPS) is 13.1. The average molecular weight is 432 g/mol. The zero-order valence-corrected chi connectivity index (χ0v) is 17.8. The first kappa shape index (κ1) is 21.8. The van der Waals surface area contributed by atoms with Gasteiger partial charge in [-0.2, -0.15) is 0 Å². The summed E-state index contributed by atoms with van der Waals surface area (Å²) in [5.74, 6) is 0.379. The van der Waals surface area contributed by atoms with E-state index < -0.39 is 10.0 Å². The predicted molar refractivity (Wildman–Crippen MR) is 113 cm³/mol. The minimum atomic E-state index is -3.74. The van der Waals surface area contributed by atoms with Gasteiger partial charge >= 0.3 is 0 Å². The first-order valence-corrected chi connectivity index (χ1v) is 11.1. The molecule has 2 amide bonds. The number of anilines is 1. The minimum absolute atomic E-state index is 0.0110. The van der Waals surface area contributed by atoms with Crippen LogP contribution in [0.3, 0.4) is 0 Å². The summed E-state index contributed by atoms with van der Waals surface area (Å²) in [5, 5.41) is 2.76. The van der Waals surface area contributed by atoms with E-state index in [0.29, 0.717) is 25.3 Å². The van der Waals surface area contributed by atoms with Gasteiger partial charge in [0.05, 0.1) is 12.0 Å². The molecular formula is C21H25N3O5S. The van der Waals surface area contributed by atoms with Crippen LogP contribution < -0.4 is 19.7 Å². The number of benzene rings is 2. The molecule has 2 aromatic rings. The highest BCUT2D eigenvalue weighted by Gasteiger charge is 2.24. The van der Waals surface area contributed by atoms with Crippen molar-refractivity contribution in [3.63, 3.8) is 0 Å². The molecule has 0 bridgehead atoms. The molecule has 8 nitrogen and oxygen atoms in total. The molecule has 0 radical (unpaired) electrons. The molecule has 9 heteroatoms. The largest absolute Gasteiger partial charge is 0.497 e. The van der Waals surface area contributed by atoms with Crippen LogP contribution in [0.15, 0.2) is 47.4 Å². The molecule has 0 unspecified atom stereocenters. The third kappa shape index (κ3) is 5.17. The molecule has 1 aliphatic rings. The highest BCUT2D eigenvalue weighted by molar-refractivity contribution is 7.89. The fraction of sp³-hybridized carbons (Fsp3) is 0.333. The summed E-state index contributed by atoms with van der Waals surface area (Å²) in [6.07, 6.45) is 0.636. The second-order valence-electron chi connectivity index (χ2n) is 6.99. The smallest absolute Gasteiger partial charge is 0.240 e. The molecule has 0 aromatic heterocycles. The van der Waals surface area contributed by atoms with E-state index >= 15 is 0 Å². The number of hydrogen-bond acceptors (Lipinski definition) is 5. The molecule has 30 heavy (non-hydrogen) atoms. The summed E-state index contributed by atoms with van der Waals surface area (Å²) >= 11 is 0. The third-order valence-electron chi connectivity index (χ3n) is 4.90. The fourth-order valence-corrected chi connectivity index (χ4v) is 4.41. The predicted octanol–water partition coefficient (Wildman–Crippen LogP) is 1.59. The maximum atomic E-state index is 12.5. The van der Waals surface area contributed by atoms with Crippen LogP contribution in [-0.2, 0) is 32.6 Å². The Kier molecular flexibility index (Phi) is 6.73. The van der Waals surface area contributed by atoms with Gasteiger partial charge in [0.15, 0.2) is 0 Å². The number of carbonyl (C=O) groups excluding carboxylic acids is 2. The lowest BCUT2D eigenvalue weighted by Crippen LogP contribution is -2.30. The van der Waals surface area contributed by atoms with Crippen molar-refractivity contribution in [3.8, 4) is 5.75 Å². The van der Waals surface area contributed by atoms with Crippen molar-refractivity contribution in [2.24, 2.45) is 0 Å². The van der Waals surface area contributed by atoms with E-state index in [0.717, 1.165) is 16.8 Å². The van der Waals surface area contributed by atoms with Crippen LogP contribution in [0.2, 0.25) is 0 Å². The van der Waals surface area contributed by atoms with Crippen LogP contribution in [0.1, 0.15) is 24.5 Å². The van der Waals surface area contributed by atoms with Crippen LogP contribution in [0.5, 0.6) is 5.75 Å². The number of methoxy groups -OCH3 is 1. The molecule has 1 aliphatic heterocycles. The number of nitrogens with zero attached hydrogens (tertiary/aromatic N) is 1. The number of fused-ring (bicyclic) bond motifs is 1. The Hall–Kier alpha value is -2.91. The van der Waals surface area contributed by atoms with Crippen molar-refractivity contribution in [1.29, 1.82) is 0 Å². The lowest BCUT2D eigenvalue weighted by molar-refractivity contribution is -0.121. The van der Waals surface area contributed by atoms with Crippen molar-refractivity contribution >= 4 is 27.5 Å². The van der Waals surface area contributed by atoms with Crippen LogP contribution >= 0.6 is 0 Å². The number of hydrogen-bond donors (Lipinski definition) is 2. The SMILES string of the molecule is COc1cccc(CNC(=O)CCNS(=O)(=O)c2ccc3c(c2)CCN3C(C)=O)c1. The molecule has 0 saturated carbocycles. The quantitative estimate of drug-likeness (QED) is 0.660. The van der Waals surface area contributed by atoms with Crippen molar-refractivity contribution in [2.45, 2.75) is 31.2 Å². The molecule has 160 valence electrons. The summed E-state index contributed by atoms with van der Waals surface area (Å²) in [4.78, 5) is 25.4. The number of sulfonamides is 1. The Bertz CT molecular complexity index is 1050. The Morgan fingerprint density at radius 1 is 1.17 bits per heavy atom. The van der Waals surface area contributed by atoms with E-state index in [1.807, 2.05) is 24.3 Å². The lowest BCUT2D eigenvalue weighted by Gasteiger charge is -2.15. The Morgan fingerprint density at radius 3 is 2.70 bits per heavy atom. The molecule has 0 saturated heterocycles. The van der Waals surface area contributed by atoms with E-state index in [4.69, 9.17) is 4.74 Å². The maximum absolute atomic E-state index is 12.5. The fourth-order valence-electron chi connectivity index (χ4n) is 3.33. The minimum Gasteiger partial charge on any atom is -0.497 e. The second-order valence-corrected chi connectivity index (χ2v) is 8.75. The van der Waals surface area contributed by atoms with E-state index in [2.05, 4.69) is 10.0 Å². The first-order valence-electron chi connectivity index (χ1n) is 9.60. The number of nitrogens with one attached hydrogen (secondary N) is 2. The Morgan fingerprint density at radius 2 is 1.97 bits per heavy atom. The van der Waals surface area contributed by atoms with E-state index in [9.17, 15) is 18.0 Å². The number of ether oxygens (including phenoxy) is 1. The van der Waals surface area contributed by atoms with E-state index in [1.54, 1.807) is 24.1 Å². The van der Waals surface area contributed by atoms with E-state index in [1.165, 1.54) is 13.0 Å². The van der Waals surface area contributed by atoms with Crippen LogP contribution in [-0.4, -0.2) is 40.4 Å². The van der Waals surface area contributed by atoms with Crippen molar-refractivity contribution in [1.82, 2.24) is 10.0 Å². The summed E-state index contributed by atoms with van der Waals surface area (Å²) < 4.78 is 32.7. The molecule has 0 aliphatic carbocycles. The van der Waals surface area contributed by atoms with Gasteiger partial charge in [-0.25, -0.2) is 13.1 Å². The lowest BCUT2D eigenvalue weighted by atomic mass is 10.2. The molecule has 2 aromatic carbocycles. The molecule has 0 spiro atoms. The molecular weight excluding hydrogens is 406 g/mol. The Balaban J connectivity index is 1.51. The number of amides is 2. The van der Waals surface area contributed by atoms with Gasteiger partial charge in [0, 0.05) is 38.7 Å². The monoisotopic (exact) mass is 431 g/mol. The van der Waals surface area contributed by atoms with Gasteiger partial charge < -0.3 is 15.0 Å². The number of rotatable bonds is 8. The van der Waals surface area contributed by atoms with Gasteiger partial charge in [-0.3, -0.25) is 9.59 Å². The van der Waals surface area contributed by atoms with Gasteiger partial charge in [0.25, 0.3) is 0 Å². The van der Waals surface area contributed by atoms with Gasteiger partial charge in [-0.15, -0.1) is 0 Å². The van der Waals surface area contributed by atoms with Crippen LogP contribution in [0.4, 0.5) is 5.69 Å². The Labute approximate surface area is 176 Å². The van der Waals surface area contributed by atoms with Gasteiger partial charge in [-0.1, -0.05) is 12.1 Å². The van der Waals surface area contributed by atoms with Crippen molar-refractivity contribution in [2.75, 3.05) is 25.1 Å². The highest BCUT2D eigenvalue weighted by atomic mass is 32.2. The van der Waals surface area contributed by atoms with E-state index in [-0.39, 0.29) is 29.7 Å². The zero-order valence-electron chi connectivity index (χ0n) is 17.0. The maximum Gasteiger partial charge on any atom is 0.240 e. The molecule has 1 heterocycles. The average Bonchev–Trinajstić information content (AvgIpc) is 3.16. The van der Waals surface area contributed by atoms with Crippen molar-refractivity contribution < 1.29 is 22.7 Å². The highest BCUT2D eigenvalue weighted by Crippen LogP contribution is 2.30. The van der Waals surface area contributed by atoms with Crippen LogP contribution in [0.25, 0.3) is 0 Å². The summed E-state index contributed by atoms with van der Waals surface area (Å²) in [6, 6.07) is 12.1. The third-order valence-corrected chi connectivity index (χ3v) is 6.36. The van der Waals surface area contributed by atoms with Crippen molar-refractivity contribution in [3.05, 3.63) is 53.6 Å². The second kappa shape index (κ2) is 9.27. The molecule has 0 atom stereocenters.